The summed E-state index contributed by atoms with van der Waals surface area (Å²) in [5.74, 6) is 0. The maximum Gasteiger partial charge on any atom is 0.0936 e. The number of nitrogens with one attached hydrogen (secondary N) is 1. The van der Waals surface area contributed by atoms with Crippen molar-refractivity contribution in [3.8, 4) is 0 Å². The zero-order valence-corrected chi connectivity index (χ0v) is 8.17. The topological polar surface area (TPSA) is 30.5 Å². The van der Waals surface area contributed by atoms with Crippen LogP contribution in [0.2, 0.25) is 0 Å². The average Bonchev–Trinajstić information content (AvgIpc) is 2.09. The third kappa shape index (κ3) is 2.44. The Morgan fingerprint density at radius 3 is 2.92 bits per heavy atom. The van der Waals surface area contributed by atoms with Crippen molar-refractivity contribution < 1.29 is 9.47 Å². The fraction of sp³-hybridized carbons (Fsp3) is 1.00. The molecule has 3 unspecified atom stereocenters. The van der Waals surface area contributed by atoms with Crippen LogP contribution >= 0.6 is 0 Å². The molecule has 1 saturated heterocycles. The Hall–Kier alpha value is -0.120. The number of methoxy groups -OCH3 is 1. The lowest BCUT2D eigenvalue weighted by atomic mass is 10.1. The molecule has 3 atom stereocenters. The van der Waals surface area contributed by atoms with Crippen LogP contribution in [0.3, 0.4) is 0 Å². The number of rotatable bonds is 3. The third-order valence-corrected chi connectivity index (χ3v) is 2.35. The van der Waals surface area contributed by atoms with Crippen molar-refractivity contribution in [3.63, 3.8) is 0 Å². The Labute approximate surface area is 74.4 Å². The van der Waals surface area contributed by atoms with Crippen LogP contribution in [0.25, 0.3) is 0 Å². The van der Waals surface area contributed by atoms with Gasteiger partial charge in [0.05, 0.1) is 18.8 Å². The van der Waals surface area contributed by atoms with E-state index in [-0.39, 0.29) is 6.10 Å². The van der Waals surface area contributed by atoms with Crippen molar-refractivity contribution in [2.24, 2.45) is 0 Å². The summed E-state index contributed by atoms with van der Waals surface area (Å²) in [6.45, 7) is 5.91. The summed E-state index contributed by atoms with van der Waals surface area (Å²) in [5, 5.41) is 3.41. The van der Waals surface area contributed by atoms with E-state index >= 15 is 0 Å². The molecule has 0 radical (unpaired) electrons. The Balaban J connectivity index is 2.33. The highest BCUT2D eigenvalue weighted by Crippen LogP contribution is 2.12. The normalized spacial score (nSPS) is 36.8. The molecule has 1 N–H and O–H groups in total. The first-order valence-corrected chi connectivity index (χ1v) is 4.65. The second kappa shape index (κ2) is 4.80. The van der Waals surface area contributed by atoms with Gasteiger partial charge in [-0.1, -0.05) is 6.92 Å². The largest absolute Gasteiger partial charge is 0.382 e. The predicted octanol–water partition coefficient (Wildman–Crippen LogP) is 0.788. The molecule has 3 heteroatoms. The molecular weight excluding hydrogens is 154 g/mol. The molecule has 3 nitrogen and oxygen atoms in total. The third-order valence-electron chi connectivity index (χ3n) is 2.35. The van der Waals surface area contributed by atoms with Gasteiger partial charge in [0.1, 0.15) is 0 Å². The Morgan fingerprint density at radius 2 is 2.33 bits per heavy atom. The molecule has 0 aliphatic carbocycles. The molecule has 72 valence electrons. The number of morpholine rings is 1. The summed E-state index contributed by atoms with van der Waals surface area (Å²) in [6.07, 6.45) is 1.64. The predicted molar refractivity (Wildman–Crippen MR) is 48.3 cm³/mol. The van der Waals surface area contributed by atoms with Crippen LogP contribution in [-0.2, 0) is 9.47 Å². The molecule has 0 aromatic heterocycles. The van der Waals surface area contributed by atoms with Gasteiger partial charge in [0.15, 0.2) is 0 Å². The van der Waals surface area contributed by atoms with Crippen LogP contribution in [0, 0.1) is 0 Å². The van der Waals surface area contributed by atoms with Gasteiger partial charge < -0.3 is 14.8 Å². The lowest BCUT2D eigenvalue weighted by Gasteiger charge is -2.35. The van der Waals surface area contributed by atoms with E-state index < -0.39 is 0 Å². The van der Waals surface area contributed by atoms with Crippen molar-refractivity contribution in [2.75, 3.05) is 20.3 Å². The molecular formula is C9H19NO2. The molecule has 0 bridgehead atoms. The number of hydrogen-bond acceptors (Lipinski definition) is 3. The monoisotopic (exact) mass is 173 g/mol. The van der Waals surface area contributed by atoms with Crippen molar-refractivity contribution in [1.29, 1.82) is 0 Å². The van der Waals surface area contributed by atoms with Crippen LogP contribution in [0.15, 0.2) is 0 Å². The minimum atomic E-state index is 0.233. The van der Waals surface area contributed by atoms with E-state index in [4.69, 9.17) is 9.47 Å². The second-order valence-electron chi connectivity index (χ2n) is 3.36. The minimum absolute atomic E-state index is 0.233. The molecule has 0 spiro atoms. The van der Waals surface area contributed by atoms with Crippen LogP contribution in [-0.4, -0.2) is 38.5 Å². The van der Waals surface area contributed by atoms with Gasteiger partial charge in [0.2, 0.25) is 0 Å². The maximum atomic E-state index is 5.80. The van der Waals surface area contributed by atoms with Gasteiger partial charge >= 0.3 is 0 Å². The second-order valence-corrected chi connectivity index (χ2v) is 3.36. The number of hydrogen-bond donors (Lipinski definition) is 1. The molecule has 1 aliphatic heterocycles. The van der Waals surface area contributed by atoms with E-state index in [1.54, 1.807) is 7.11 Å². The lowest BCUT2D eigenvalue weighted by molar-refractivity contribution is -0.0862. The number of ether oxygens (including phenoxy) is 2. The minimum Gasteiger partial charge on any atom is -0.382 e. The molecule has 0 saturated carbocycles. The van der Waals surface area contributed by atoms with Crippen molar-refractivity contribution in [3.05, 3.63) is 0 Å². The van der Waals surface area contributed by atoms with Gasteiger partial charge in [-0.25, -0.2) is 0 Å². The summed E-state index contributed by atoms with van der Waals surface area (Å²) in [4.78, 5) is 0. The van der Waals surface area contributed by atoms with Gasteiger partial charge in [-0.3, -0.25) is 0 Å². The quantitative estimate of drug-likeness (QED) is 0.684. The van der Waals surface area contributed by atoms with Crippen LogP contribution < -0.4 is 5.32 Å². The summed E-state index contributed by atoms with van der Waals surface area (Å²) >= 11 is 0. The first kappa shape index (κ1) is 9.96. The highest BCUT2D eigenvalue weighted by Gasteiger charge is 2.25. The molecule has 0 amide bonds. The SMILES string of the molecule is CCC1OC(COC)CNC1C. The Morgan fingerprint density at radius 1 is 1.58 bits per heavy atom. The van der Waals surface area contributed by atoms with Crippen LogP contribution in [0.1, 0.15) is 20.3 Å². The first-order valence-electron chi connectivity index (χ1n) is 4.65. The Bertz CT molecular complexity index is 130. The summed E-state index contributed by atoms with van der Waals surface area (Å²) in [7, 11) is 1.71. The fourth-order valence-corrected chi connectivity index (χ4v) is 1.60. The van der Waals surface area contributed by atoms with Crippen molar-refractivity contribution in [1.82, 2.24) is 5.32 Å². The van der Waals surface area contributed by atoms with Gasteiger partial charge in [0, 0.05) is 19.7 Å². The highest BCUT2D eigenvalue weighted by atomic mass is 16.5. The summed E-state index contributed by atoms with van der Waals surface area (Å²) in [5.41, 5.74) is 0. The molecule has 1 aliphatic rings. The van der Waals surface area contributed by atoms with E-state index in [0.717, 1.165) is 13.0 Å². The van der Waals surface area contributed by atoms with E-state index in [0.29, 0.717) is 18.8 Å². The van der Waals surface area contributed by atoms with Gasteiger partial charge in [-0.2, -0.15) is 0 Å². The zero-order chi connectivity index (χ0) is 8.97. The van der Waals surface area contributed by atoms with Crippen molar-refractivity contribution in [2.45, 2.75) is 38.5 Å². The zero-order valence-electron chi connectivity index (χ0n) is 8.17. The average molecular weight is 173 g/mol. The molecule has 0 aromatic rings. The summed E-state index contributed by atoms with van der Waals surface area (Å²) in [6, 6.07) is 0.475. The van der Waals surface area contributed by atoms with Gasteiger partial charge in [-0.15, -0.1) is 0 Å². The first-order chi connectivity index (χ1) is 5.77. The van der Waals surface area contributed by atoms with Gasteiger partial charge in [0.25, 0.3) is 0 Å². The fourth-order valence-electron chi connectivity index (χ4n) is 1.60. The highest BCUT2D eigenvalue weighted by molar-refractivity contribution is 4.80. The standard InChI is InChI=1S/C9H19NO2/c1-4-9-7(2)10-5-8(12-9)6-11-3/h7-10H,4-6H2,1-3H3. The Kier molecular flexibility index (Phi) is 3.98. The van der Waals surface area contributed by atoms with E-state index in [9.17, 15) is 0 Å². The van der Waals surface area contributed by atoms with E-state index in [2.05, 4.69) is 19.2 Å². The molecule has 12 heavy (non-hydrogen) atoms. The summed E-state index contributed by atoms with van der Waals surface area (Å²) < 4.78 is 10.8. The van der Waals surface area contributed by atoms with Crippen molar-refractivity contribution >= 4 is 0 Å². The van der Waals surface area contributed by atoms with E-state index in [1.165, 1.54) is 0 Å². The van der Waals surface area contributed by atoms with Crippen LogP contribution in [0.5, 0.6) is 0 Å². The van der Waals surface area contributed by atoms with Gasteiger partial charge in [-0.05, 0) is 13.3 Å². The molecule has 0 aromatic carbocycles. The maximum absolute atomic E-state index is 5.80. The molecule has 1 heterocycles. The van der Waals surface area contributed by atoms with E-state index in [1.807, 2.05) is 0 Å². The molecule has 1 rings (SSSR count). The smallest absolute Gasteiger partial charge is 0.0936 e. The lowest BCUT2D eigenvalue weighted by Crippen LogP contribution is -2.52. The van der Waals surface area contributed by atoms with Crippen LogP contribution in [0.4, 0.5) is 0 Å². The molecule has 1 fully saturated rings.